The average molecular weight is 358 g/mol. The number of anilines is 1. The first-order valence-electron chi connectivity index (χ1n) is 7.79. The summed E-state index contributed by atoms with van der Waals surface area (Å²) < 4.78 is 15.9. The Kier molecular flexibility index (Phi) is 5.23. The van der Waals surface area contributed by atoms with Crippen LogP contribution in [0.5, 0.6) is 11.5 Å². The smallest absolute Gasteiger partial charge is 0.438 e. The maximum Gasteiger partial charge on any atom is 0.438 e. The van der Waals surface area contributed by atoms with Gasteiger partial charge in [0.2, 0.25) is 0 Å². The summed E-state index contributed by atoms with van der Waals surface area (Å²) in [6, 6.07) is 12.2. The van der Waals surface area contributed by atoms with Gasteiger partial charge in [-0.25, -0.2) is 4.79 Å². The van der Waals surface area contributed by atoms with Crippen molar-refractivity contribution in [3.63, 3.8) is 0 Å². The van der Waals surface area contributed by atoms with Crippen molar-refractivity contribution in [2.24, 2.45) is 5.16 Å². The van der Waals surface area contributed by atoms with Crippen LogP contribution in [0.4, 0.5) is 10.5 Å². The zero-order valence-corrected chi connectivity index (χ0v) is 14.3. The van der Waals surface area contributed by atoms with Crippen LogP contribution in [-0.4, -0.2) is 37.8 Å². The fraction of sp³-hybridized carbons (Fsp3) is 0.222. The molecule has 26 heavy (non-hydrogen) atoms. The molecule has 1 amide bonds. The fourth-order valence-corrected chi connectivity index (χ4v) is 2.55. The van der Waals surface area contributed by atoms with Gasteiger partial charge in [-0.05, 0) is 18.2 Å². The Balaban J connectivity index is 1.75. The minimum atomic E-state index is -0.881. The molecule has 0 spiro atoms. The number of fused-ring (bicyclic) bond motifs is 1. The quantitative estimate of drug-likeness (QED) is 0.653. The molecule has 3 rings (SSSR count). The lowest BCUT2D eigenvalue weighted by molar-refractivity contribution is 0.140. The zero-order valence-electron chi connectivity index (χ0n) is 14.3. The number of oxime groups is 1. The van der Waals surface area contributed by atoms with E-state index in [2.05, 4.69) is 9.89 Å². The van der Waals surface area contributed by atoms with Crippen molar-refractivity contribution in [1.82, 2.24) is 0 Å². The van der Waals surface area contributed by atoms with Crippen LogP contribution in [0.15, 0.2) is 47.6 Å². The Labute approximate surface area is 150 Å². The lowest BCUT2D eigenvalue weighted by atomic mass is 10.1. The van der Waals surface area contributed by atoms with Gasteiger partial charge >= 0.3 is 6.09 Å². The molecule has 0 aromatic heterocycles. The van der Waals surface area contributed by atoms with Crippen LogP contribution in [0.25, 0.3) is 0 Å². The predicted octanol–water partition coefficient (Wildman–Crippen LogP) is 2.97. The summed E-state index contributed by atoms with van der Waals surface area (Å²) in [5.41, 5.74) is 2.47. The molecule has 0 saturated heterocycles. The minimum absolute atomic E-state index is 0.141. The molecule has 136 valence electrons. The van der Waals surface area contributed by atoms with Gasteiger partial charge in [-0.2, -0.15) is 5.06 Å². The number of nitrogens with zero attached hydrogens (tertiary/aromatic N) is 2. The summed E-state index contributed by atoms with van der Waals surface area (Å²) in [7, 11) is 2.68. The van der Waals surface area contributed by atoms with Crippen LogP contribution < -0.4 is 14.5 Å². The van der Waals surface area contributed by atoms with E-state index in [1.54, 1.807) is 36.4 Å². The Morgan fingerprint density at radius 2 is 2.08 bits per heavy atom. The molecule has 1 heterocycles. The number of carbonyl (C=O) groups excluding carboxylic acids is 1. The number of hydrogen-bond acceptors (Lipinski definition) is 7. The second-order valence-corrected chi connectivity index (χ2v) is 5.37. The number of hydroxylamine groups is 1. The van der Waals surface area contributed by atoms with Gasteiger partial charge in [0.1, 0.15) is 37.5 Å². The largest absolute Gasteiger partial charge is 0.489 e. The van der Waals surface area contributed by atoms with Gasteiger partial charge in [0, 0.05) is 17.2 Å². The van der Waals surface area contributed by atoms with Gasteiger partial charge in [-0.3, -0.25) is 5.21 Å². The normalized spacial score (nSPS) is 13.7. The first-order chi connectivity index (χ1) is 12.6. The van der Waals surface area contributed by atoms with Gasteiger partial charge in [0.05, 0.1) is 12.8 Å². The van der Waals surface area contributed by atoms with Gasteiger partial charge in [0.15, 0.2) is 0 Å². The molecule has 8 heteroatoms. The third kappa shape index (κ3) is 3.55. The third-order valence-electron chi connectivity index (χ3n) is 3.79. The maximum atomic E-state index is 11.5. The highest BCUT2D eigenvalue weighted by Gasteiger charge is 2.21. The topological polar surface area (TPSA) is 89.8 Å². The molecule has 2 aromatic carbocycles. The second-order valence-electron chi connectivity index (χ2n) is 5.37. The van der Waals surface area contributed by atoms with Gasteiger partial charge in [0.25, 0.3) is 0 Å². The maximum absolute atomic E-state index is 11.5. The summed E-state index contributed by atoms with van der Waals surface area (Å²) in [4.78, 5) is 16.3. The van der Waals surface area contributed by atoms with Crippen molar-refractivity contribution in [3.05, 3.63) is 53.6 Å². The third-order valence-corrected chi connectivity index (χ3v) is 3.79. The van der Waals surface area contributed by atoms with Crippen LogP contribution in [0.3, 0.4) is 0 Å². The van der Waals surface area contributed by atoms with Crippen molar-refractivity contribution in [3.8, 4) is 11.5 Å². The molecule has 0 bridgehead atoms. The van der Waals surface area contributed by atoms with E-state index in [9.17, 15) is 10.0 Å². The van der Waals surface area contributed by atoms with Crippen LogP contribution in [0.1, 0.15) is 11.1 Å². The molecule has 0 aliphatic carbocycles. The number of rotatable bonds is 5. The Morgan fingerprint density at radius 3 is 2.85 bits per heavy atom. The van der Waals surface area contributed by atoms with E-state index in [0.29, 0.717) is 34.4 Å². The van der Waals surface area contributed by atoms with Crippen LogP contribution in [0.2, 0.25) is 0 Å². The Morgan fingerprint density at radius 1 is 1.27 bits per heavy atom. The van der Waals surface area contributed by atoms with Crippen LogP contribution in [0, 0.1) is 0 Å². The SMILES string of the molecule is CON=C1COc2cc(OCc3ccccc3N(O)C(=O)OC)ccc21. The monoisotopic (exact) mass is 358 g/mol. The molecular formula is C18H18N2O6. The molecule has 0 saturated carbocycles. The zero-order chi connectivity index (χ0) is 18.5. The lowest BCUT2D eigenvalue weighted by Crippen LogP contribution is -2.27. The van der Waals surface area contributed by atoms with Crippen LogP contribution in [-0.2, 0) is 16.2 Å². The number of carbonyl (C=O) groups is 1. The average Bonchev–Trinajstić information content (AvgIpc) is 3.08. The molecule has 1 N–H and O–H groups in total. The van der Waals surface area contributed by atoms with E-state index in [1.807, 2.05) is 6.07 Å². The summed E-state index contributed by atoms with van der Waals surface area (Å²) >= 11 is 0. The summed E-state index contributed by atoms with van der Waals surface area (Å²) in [6.45, 7) is 0.482. The highest BCUT2D eigenvalue weighted by molar-refractivity contribution is 6.06. The fourth-order valence-electron chi connectivity index (χ4n) is 2.55. The highest BCUT2D eigenvalue weighted by Crippen LogP contribution is 2.31. The molecule has 0 atom stereocenters. The molecule has 1 aliphatic rings. The standard InChI is InChI=1S/C18H18N2O6/c1-23-18(21)20(22)16-6-4-3-5-12(16)10-25-13-7-8-14-15(19-24-2)11-26-17(14)9-13/h3-9,22H,10-11H2,1-2H3. The van der Waals surface area contributed by atoms with Crippen molar-refractivity contribution in [1.29, 1.82) is 0 Å². The van der Waals surface area contributed by atoms with E-state index < -0.39 is 6.09 Å². The lowest BCUT2D eigenvalue weighted by Gasteiger charge is -2.17. The summed E-state index contributed by atoms with van der Waals surface area (Å²) in [6.07, 6.45) is -0.881. The molecule has 0 unspecified atom stereocenters. The first kappa shape index (κ1) is 17.6. The van der Waals surface area contributed by atoms with Crippen molar-refractivity contribution in [2.45, 2.75) is 6.61 Å². The van der Waals surface area contributed by atoms with Gasteiger partial charge < -0.3 is 19.0 Å². The number of ether oxygens (including phenoxy) is 3. The van der Waals surface area contributed by atoms with Crippen molar-refractivity contribution >= 4 is 17.5 Å². The second kappa shape index (κ2) is 7.75. The molecular weight excluding hydrogens is 340 g/mol. The highest BCUT2D eigenvalue weighted by atomic mass is 16.6. The number of amides is 1. The van der Waals surface area contributed by atoms with E-state index in [1.165, 1.54) is 14.2 Å². The Hall–Kier alpha value is -3.26. The predicted molar refractivity (Wildman–Crippen MR) is 92.9 cm³/mol. The Bertz CT molecular complexity index is 836. The summed E-state index contributed by atoms with van der Waals surface area (Å²) in [5, 5.41) is 14.3. The van der Waals surface area contributed by atoms with Gasteiger partial charge in [-0.15, -0.1) is 0 Å². The number of para-hydroxylation sites is 1. The number of methoxy groups -OCH3 is 1. The van der Waals surface area contributed by atoms with E-state index >= 15 is 0 Å². The first-order valence-corrected chi connectivity index (χ1v) is 7.79. The summed E-state index contributed by atoms with van der Waals surface area (Å²) in [5.74, 6) is 1.24. The van der Waals surface area contributed by atoms with Crippen molar-refractivity contribution < 1.29 is 29.0 Å². The molecule has 8 nitrogen and oxygen atoms in total. The van der Waals surface area contributed by atoms with Gasteiger partial charge in [-0.1, -0.05) is 23.4 Å². The molecule has 2 aromatic rings. The molecule has 0 radical (unpaired) electrons. The molecule has 1 aliphatic heterocycles. The van der Waals surface area contributed by atoms with E-state index in [0.717, 1.165) is 5.56 Å². The minimum Gasteiger partial charge on any atom is -0.489 e. The van der Waals surface area contributed by atoms with E-state index in [4.69, 9.17) is 14.3 Å². The molecule has 0 fully saturated rings. The van der Waals surface area contributed by atoms with Crippen LogP contribution >= 0.6 is 0 Å². The van der Waals surface area contributed by atoms with E-state index in [-0.39, 0.29) is 12.3 Å². The van der Waals surface area contributed by atoms with Crippen molar-refractivity contribution in [2.75, 3.05) is 25.9 Å². The number of hydrogen-bond donors (Lipinski definition) is 1. The number of benzene rings is 2.